The Balaban J connectivity index is 1.13. The van der Waals surface area contributed by atoms with Crippen LogP contribution in [0.3, 0.4) is 0 Å². The molecule has 0 N–H and O–H groups in total. The van der Waals surface area contributed by atoms with Gasteiger partial charge in [-0.15, -0.1) is 0 Å². The van der Waals surface area contributed by atoms with E-state index in [4.69, 9.17) is 4.74 Å². The highest BCUT2D eigenvalue weighted by molar-refractivity contribution is 6.13. The molecule has 2 aliphatic heterocycles. The molecule has 0 saturated carbocycles. The second-order valence-electron chi connectivity index (χ2n) is 8.05. The van der Waals surface area contributed by atoms with Crippen LogP contribution in [-0.2, 0) is 0 Å². The van der Waals surface area contributed by atoms with Crippen LogP contribution in [0.2, 0.25) is 0 Å². The van der Waals surface area contributed by atoms with Crippen LogP contribution < -0.4 is 9.64 Å². The minimum atomic E-state index is -0.638. The molecule has 0 aliphatic carbocycles. The van der Waals surface area contributed by atoms with Gasteiger partial charge in [-0.2, -0.15) is 0 Å². The number of rotatable bonds is 6. The molecule has 2 aliphatic rings. The molecule has 0 bridgehead atoms. The van der Waals surface area contributed by atoms with Crippen molar-refractivity contribution in [1.82, 2.24) is 4.90 Å². The van der Waals surface area contributed by atoms with Crippen molar-refractivity contribution in [2.45, 2.75) is 6.42 Å². The van der Waals surface area contributed by atoms with Crippen molar-refractivity contribution in [3.05, 3.63) is 71.3 Å². The van der Waals surface area contributed by atoms with Crippen molar-refractivity contribution < 1.29 is 18.3 Å². The number of halogens is 2. The SMILES string of the molecule is O=C1N=Cc2ccc(OCCCN3CCN(c4cccc5cccc(F)c45)CC3)c(F)c21. The molecule has 5 rings (SSSR count). The van der Waals surface area contributed by atoms with E-state index in [1.165, 1.54) is 12.3 Å². The number of carbonyl (C=O) groups excluding carboxylic acids is 1. The molecule has 1 saturated heterocycles. The molecule has 1 amide bonds. The summed E-state index contributed by atoms with van der Waals surface area (Å²) in [5.74, 6) is -1.30. The molecule has 3 aromatic carbocycles. The summed E-state index contributed by atoms with van der Waals surface area (Å²) >= 11 is 0. The summed E-state index contributed by atoms with van der Waals surface area (Å²) in [5, 5.41) is 1.59. The van der Waals surface area contributed by atoms with Gasteiger partial charge >= 0.3 is 0 Å². The molecule has 2 heterocycles. The maximum absolute atomic E-state index is 14.5. The fourth-order valence-electron chi connectivity index (χ4n) is 4.42. The number of carbonyl (C=O) groups is 1. The summed E-state index contributed by atoms with van der Waals surface area (Å²) in [7, 11) is 0. The molecule has 1 fully saturated rings. The maximum Gasteiger partial charge on any atom is 0.280 e. The lowest BCUT2D eigenvalue weighted by Gasteiger charge is -2.36. The molecule has 0 aromatic heterocycles. The van der Waals surface area contributed by atoms with Gasteiger partial charge in [-0.05, 0) is 36.1 Å². The number of aliphatic imine (C=N–C) groups is 1. The van der Waals surface area contributed by atoms with Crippen molar-refractivity contribution in [1.29, 1.82) is 0 Å². The summed E-state index contributed by atoms with van der Waals surface area (Å²) in [6.45, 7) is 4.55. The Bertz CT molecular complexity index is 1200. The van der Waals surface area contributed by atoms with E-state index in [2.05, 4.69) is 14.8 Å². The van der Waals surface area contributed by atoms with E-state index >= 15 is 0 Å². The molecule has 7 heteroatoms. The van der Waals surface area contributed by atoms with Crippen LogP contribution in [0.25, 0.3) is 10.8 Å². The number of hydrogen-bond donors (Lipinski definition) is 0. The van der Waals surface area contributed by atoms with E-state index in [0.717, 1.165) is 50.2 Å². The third kappa shape index (κ3) is 3.84. The quantitative estimate of drug-likeness (QED) is 0.542. The maximum atomic E-state index is 14.5. The lowest BCUT2D eigenvalue weighted by molar-refractivity contribution is 0.100. The topological polar surface area (TPSA) is 45.1 Å². The highest BCUT2D eigenvalue weighted by Crippen LogP contribution is 2.30. The molecule has 0 spiro atoms. The number of fused-ring (bicyclic) bond motifs is 2. The molecule has 5 nitrogen and oxygen atoms in total. The van der Waals surface area contributed by atoms with Crippen molar-refractivity contribution in [2.75, 3.05) is 44.2 Å². The van der Waals surface area contributed by atoms with E-state index < -0.39 is 11.7 Å². The predicted octanol–water partition coefficient (Wildman–Crippen LogP) is 4.28. The van der Waals surface area contributed by atoms with Crippen molar-refractivity contribution in [3.63, 3.8) is 0 Å². The molecule has 0 atom stereocenters. The Kier molecular flexibility index (Phi) is 5.57. The predicted molar refractivity (Wildman–Crippen MR) is 121 cm³/mol. The largest absolute Gasteiger partial charge is 0.490 e. The smallest absolute Gasteiger partial charge is 0.280 e. The fourth-order valence-corrected chi connectivity index (χ4v) is 4.42. The lowest BCUT2D eigenvalue weighted by Crippen LogP contribution is -2.46. The summed E-state index contributed by atoms with van der Waals surface area (Å²) in [5.41, 5.74) is 1.42. The Labute approximate surface area is 184 Å². The Morgan fingerprint density at radius 2 is 1.75 bits per heavy atom. The zero-order chi connectivity index (χ0) is 22.1. The van der Waals surface area contributed by atoms with Gasteiger partial charge in [0.05, 0.1) is 12.2 Å². The molecule has 164 valence electrons. The first-order valence-electron chi connectivity index (χ1n) is 10.8. The number of anilines is 1. The van der Waals surface area contributed by atoms with E-state index in [1.807, 2.05) is 24.3 Å². The monoisotopic (exact) mass is 435 g/mol. The van der Waals surface area contributed by atoms with Gasteiger partial charge in [0.2, 0.25) is 0 Å². The number of amides is 1. The van der Waals surface area contributed by atoms with Crippen LogP contribution in [0.15, 0.2) is 53.5 Å². The summed E-state index contributed by atoms with van der Waals surface area (Å²) < 4.78 is 34.5. The molecule has 3 aromatic rings. The molecule has 0 unspecified atom stereocenters. The fraction of sp³-hybridized carbons (Fsp3) is 0.280. The second kappa shape index (κ2) is 8.67. The number of piperazine rings is 1. The third-order valence-corrected chi connectivity index (χ3v) is 6.09. The summed E-state index contributed by atoms with van der Waals surface area (Å²) in [6.07, 6.45) is 2.11. The highest BCUT2D eigenvalue weighted by atomic mass is 19.1. The van der Waals surface area contributed by atoms with E-state index in [1.54, 1.807) is 18.2 Å². The Hall–Kier alpha value is -3.32. The molecule has 0 radical (unpaired) electrons. The minimum absolute atomic E-state index is 0.0107. The highest BCUT2D eigenvalue weighted by Gasteiger charge is 2.24. The molecular weight excluding hydrogens is 412 g/mol. The molecule has 32 heavy (non-hydrogen) atoms. The van der Waals surface area contributed by atoms with Gasteiger partial charge in [-0.3, -0.25) is 9.69 Å². The van der Waals surface area contributed by atoms with E-state index in [0.29, 0.717) is 17.6 Å². The van der Waals surface area contributed by atoms with Gasteiger partial charge in [0.15, 0.2) is 11.6 Å². The van der Waals surface area contributed by atoms with Gasteiger partial charge in [0.1, 0.15) is 5.82 Å². The summed E-state index contributed by atoms with van der Waals surface area (Å²) in [6, 6.07) is 14.3. The van der Waals surface area contributed by atoms with Crippen LogP contribution >= 0.6 is 0 Å². The number of ether oxygens (including phenoxy) is 1. The third-order valence-electron chi connectivity index (χ3n) is 6.09. The van der Waals surface area contributed by atoms with Crippen LogP contribution in [-0.4, -0.2) is 56.4 Å². The first-order chi connectivity index (χ1) is 15.6. The van der Waals surface area contributed by atoms with Gasteiger partial charge < -0.3 is 9.64 Å². The van der Waals surface area contributed by atoms with Gasteiger partial charge in [0, 0.05) is 55.6 Å². The van der Waals surface area contributed by atoms with Crippen molar-refractivity contribution in [2.24, 2.45) is 4.99 Å². The van der Waals surface area contributed by atoms with E-state index in [9.17, 15) is 13.6 Å². The Morgan fingerprint density at radius 3 is 2.56 bits per heavy atom. The van der Waals surface area contributed by atoms with Crippen LogP contribution in [0.5, 0.6) is 5.75 Å². The molecular formula is C25H23F2N3O2. The first-order valence-corrected chi connectivity index (χ1v) is 10.8. The van der Waals surface area contributed by atoms with Gasteiger partial charge in [-0.25, -0.2) is 13.8 Å². The standard InChI is InChI=1S/C25H23F2N3O2/c26-19-6-1-4-17-5-2-7-20(22(17)19)30-13-11-29(12-14-30)10-3-15-32-21-9-8-18-16-28-25(31)23(18)24(21)27/h1-2,4-9,16H,3,10-15H2. The summed E-state index contributed by atoms with van der Waals surface area (Å²) in [4.78, 5) is 19.9. The zero-order valence-corrected chi connectivity index (χ0v) is 17.6. The Morgan fingerprint density at radius 1 is 0.969 bits per heavy atom. The van der Waals surface area contributed by atoms with E-state index in [-0.39, 0.29) is 17.1 Å². The first kappa shape index (κ1) is 20.6. The van der Waals surface area contributed by atoms with Gasteiger partial charge in [-0.1, -0.05) is 24.3 Å². The van der Waals surface area contributed by atoms with Crippen molar-refractivity contribution in [3.8, 4) is 5.75 Å². The average molecular weight is 435 g/mol. The second-order valence-corrected chi connectivity index (χ2v) is 8.05. The number of hydrogen-bond acceptors (Lipinski definition) is 4. The zero-order valence-electron chi connectivity index (χ0n) is 17.6. The lowest BCUT2D eigenvalue weighted by atomic mass is 10.1. The number of nitrogens with zero attached hydrogens (tertiary/aromatic N) is 3. The van der Waals surface area contributed by atoms with Crippen LogP contribution in [0.4, 0.5) is 14.5 Å². The van der Waals surface area contributed by atoms with Crippen molar-refractivity contribution >= 4 is 28.6 Å². The normalized spacial score (nSPS) is 16.1. The minimum Gasteiger partial charge on any atom is -0.490 e. The van der Waals surface area contributed by atoms with Crippen LogP contribution in [0, 0.1) is 11.6 Å². The number of benzene rings is 3. The van der Waals surface area contributed by atoms with Crippen LogP contribution in [0.1, 0.15) is 22.3 Å². The average Bonchev–Trinajstić information content (AvgIpc) is 3.20. The van der Waals surface area contributed by atoms with Gasteiger partial charge in [0.25, 0.3) is 5.91 Å².